The molecule has 0 aliphatic rings. The van der Waals surface area contributed by atoms with Crippen molar-refractivity contribution in [2.45, 2.75) is 13.2 Å². The molecule has 0 saturated carbocycles. The fourth-order valence-electron chi connectivity index (χ4n) is 2.27. The molecule has 0 bridgehead atoms. The molecule has 108 valence electrons. The van der Waals surface area contributed by atoms with E-state index in [9.17, 15) is 0 Å². The van der Waals surface area contributed by atoms with Crippen molar-refractivity contribution >= 4 is 26.7 Å². The molecule has 0 amide bonds. The standard InChI is InChI=1S/C17H16BrNO2/c1-19-10-14-6-7-20-17(14)11-21-16-5-3-12-8-15(18)4-2-13(12)9-16/h2-9,19H,10-11H2,1H3. The van der Waals surface area contributed by atoms with Crippen molar-refractivity contribution in [2.75, 3.05) is 7.05 Å². The van der Waals surface area contributed by atoms with Crippen LogP contribution in [0.5, 0.6) is 5.75 Å². The van der Waals surface area contributed by atoms with Crippen LogP contribution in [0.25, 0.3) is 10.8 Å². The molecule has 3 rings (SSSR count). The third kappa shape index (κ3) is 3.28. The summed E-state index contributed by atoms with van der Waals surface area (Å²) in [6, 6.07) is 14.3. The van der Waals surface area contributed by atoms with Crippen molar-refractivity contribution in [1.29, 1.82) is 0 Å². The summed E-state index contributed by atoms with van der Waals surface area (Å²) in [6.07, 6.45) is 1.70. The second-order valence-corrected chi connectivity index (χ2v) is 5.76. The Labute approximate surface area is 132 Å². The van der Waals surface area contributed by atoms with E-state index in [2.05, 4.69) is 39.4 Å². The monoisotopic (exact) mass is 345 g/mol. The van der Waals surface area contributed by atoms with Gasteiger partial charge in [0.05, 0.1) is 6.26 Å². The molecule has 3 nitrogen and oxygen atoms in total. The maximum Gasteiger partial charge on any atom is 0.146 e. The van der Waals surface area contributed by atoms with E-state index in [0.717, 1.165) is 33.5 Å². The first-order valence-electron chi connectivity index (χ1n) is 6.78. The van der Waals surface area contributed by atoms with E-state index < -0.39 is 0 Å². The number of halogens is 1. The molecule has 3 aromatic rings. The van der Waals surface area contributed by atoms with Gasteiger partial charge in [-0.3, -0.25) is 0 Å². The molecule has 1 N–H and O–H groups in total. The molecule has 1 aromatic heterocycles. The van der Waals surface area contributed by atoms with Crippen LogP contribution in [-0.2, 0) is 13.2 Å². The zero-order valence-corrected chi connectivity index (χ0v) is 13.3. The normalized spacial score (nSPS) is 11.0. The lowest BCUT2D eigenvalue weighted by Gasteiger charge is -2.07. The second kappa shape index (κ2) is 6.33. The predicted molar refractivity (Wildman–Crippen MR) is 87.5 cm³/mol. The van der Waals surface area contributed by atoms with Crippen LogP contribution in [0.3, 0.4) is 0 Å². The highest BCUT2D eigenvalue weighted by Gasteiger charge is 2.07. The van der Waals surface area contributed by atoms with Gasteiger partial charge >= 0.3 is 0 Å². The fraction of sp³-hybridized carbons (Fsp3) is 0.176. The summed E-state index contributed by atoms with van der Waals surface area (Å²) in [6.45, 7) is 1.22. The fourth-order valence-corrected chi connectivity index (χ4v) is 2.65. The first-order valence-corrected chi connectivity index (χ1v) is 7.57. The summed E-state index contributed by atoms with van der Waals surface area (Å²) >= 11 is 3.48. The topological polar surface area (TPSA) is 34.4 Å². The van der Waals surface area contributed by atoms with Gasteiger partial charge in [0.15, 0.2) is 0 Å². The van der Waals surface area contributed by atoms with Crippen molar-refractivity contribution in [3.05, 3.63) is 64.5 Å². The number of rotatable bonds is 5. The minimum atomic E-state index is 0.437. The average Bonchev–Trinajstić information content (AvgIpc) is 2.93. The number of ether oxygens (including phenoxy) is 1. The van der Waals surface area contributed by atoms with Crippen LogP contribution in [0.15, 0.2) is 57.6 Å². The van der Waals surface area contributed by atoms with Gasteiger partial charge in [-0.1, -0.05) is 28.1 Å². The van der Waals surface area contributed by atoms with E-state index in [1.54, 1.807) is 6.26 Å². The number of hydrogen-bond acceptors (Lipinski definition) is 3. The van der Waals surface area contributed by atoms with Crippen LogP contribution < -0.4 is 10.1 Å². The largest absolute Gasteiger partial charge is 0.486 e. The minimum absolute atomic E-state index is 0.437. The summed E-state index contributed by atoms with van der Waals surface area (Å²) in [5.74, 6) is 1.71. The average molecular weight is 346 g/mol. The maximum atomic E-state index is 5.84. The van der Waals surface area contributed by atoms with E-state index in [1.807, 2.05) is 31.3 Å². The molecule has 0 atom stereocenters. The lowest BCUT2D eigenvalue weighted by molar-refractivity contribution is 0.268. The maximum absolute atomic E-state index is 5.84. The molecule has 0 aliphatic carbocycles. The zero-order valence-electron chi connectivity index (χ0n) is 11.7. The van der Waals surface area contributed by atoms with Crippen molar-refractivity contribution in [1.82, 2.24) is 5.32 Å². The molecule has 2 aromatic carbocycles. The number of fused-ring (bicyclic) bond motifs is 1. The molecule has 0 saturated heterocycles. The summed E-state index contributed by atoms with van der Waals surface area (Å²) in [5, 5.41) is 5.46. The Hall–Kier alpha value is -1.78. The second-order valence-electron chi connectivity index (χ2n) is 4.84. The van der Waals surface area contributed by atoms with Gasteiger partial charge < -0.3 is 14.5 Å². The first-order chi connectivity index (χ1) is 10.3. The van der Waals surface area contributed by atoms with Gasteiger partial charge in [-0.25, -0.2) is 0 Å². The van der Waals surface area contributed by atoms with Gasteiger partial charge in [-0.15, -0.1) is 0 Å². The van der Waals surface area contributed by atoms with Crippen molar-refractivity contribution < 1.29 is 9.15 Å². The summed E-state index contributed by atoms with van der Waals surface area (Å²) in [4.78, 5) is 0. The first kappa shape index (κ1) is 14.2. The molecule has 21 heavy (non-hydrogen) atoms. The molecule has 0 aliphatic heterocycles. The highest BCUT2D eigenvalue weighted by Crippen LogP contribution is 2.25. The minimum Gasteiger partial charge on any atom is -0.486 e. The Kier molecular flexibility index (Phi) is 4.27. The SMILES string of the molecule is CNCc1ccoc1COc1ccc2cc(Br)ccc2c1. The molecule has 1 heterocycles. The van der Waals surface area contributed by atoms with Gasteiger partial charge in [0.1, 0.15) is 18.1 Å². The van der Waals surface area contributed by atoms with E-state index in [4.69, 9.17) is 9.15 Å². The molecular formula is C17H16BrNO2. The van der Waals surface area contributed by atoms with Crippen molar-refractivity contribution in [3.8, 4) is 5.75 Å². The van der Waals surface area contributed by atoms with E-state index >= 15 is 0 Å². The van der Waals surface area contributed by atoms with Crippen LogP contribution >= 0.6 is 15.9 Å². The molecule has 0 radical (unpaired) electrons. The Balaban J connectivity index is 1.75. The zero-order chi connectivity index (χ0) is 14.7. The molecule has 0 spiro atoms. The highest BCUT2D eigenvalue weighted by atomic mass is 79.9. The summed E-state index contributed by atoms with van der Waals surface area (Å²) < 4.78 is 12.4. The molecule has 0 fully saturated rings. The summed E-state index contributed by atoms with van der Waals surface area (Å²) in [7, 11) is 1.92. The number of nitrogens with one attached hydrogen (secondary N) is 1. The molecular weight excluding hydrogens is 330 g/mol. The van der Waals surface area contributed by atoms with Gasteiger partial charge in [-0.05, 0) is 48.2 Å². The molecule has 0 unspecified atom stereocenters. The van der Waals surface area contributed by atoms with Gasteiger partial charge in [0, 0.05) is 16.6 Å². The van der Waals surface area contributed by atoms with Gasteiger partial charge in [0.25, 0.3) is 0 Å². The van der Waals surface area contributed by atoms with Crippen LogP contribution in [0.2, 0.25) is 0 Å². The molecule has 4 heteroatoms. The predicted octanol–water partition coefficient (Wildman–Crippen LogP) is 4.49. The van der Waals surface area contributed by atoms with Gasteiger partial charge in [-0.2, -0.15) is 0 Å². The number of benzene rings is 2. The van der Waals surface area contributed by atoms with Crippen LogP contribution in [-0.4, -0.2) is 7.05 Å². The quantitative estimate of drug-likeness (QED) is 0.739. The highest BCUT2D eigenvalue weighted by molar-refractivity contribution is 9.10. The lowest BCUT2D eigenvalue weighted by Crippen LogP contribution is -2.07. The smallest absolute Gasteiger partial charge is 0.146 e. The van der Waals surface area contributed by atoms with Crippen LogP contribution in [0.1, 0.15) is 11.3 Å². The number of hydrogen-bond donors (Lipinski definition) is 1. The lowest BCUT2D eigenvalue weighted by atomic mass is 10.1. The Morgan fingerprint density at radius 2 is 1.90 bits per heavy atom. The van der Waals surface area contributed by atoms with E-state index in [1.165, 1.54) is 5.39 Å². The van der Waals surface area contributed by atoms with E-state index in [-0.39, 0.29) is 0 Å². The number of furan rings is 1. The summed E-state index contributed by atoms with van der Waals surface area (Å²) in [5.41, 5.74) is 1.13. The van der Waals surface area contributed by atoms with E-state index in [0.29, 0.717) is 6.61 Å². The van der Waals surface area contributed by atoms with Crippen LogP contribution in [0.4, 0.5) is 0 Å². The van der Waals surface area contributed by atoms with Crippen LogP contribution in [0, 0.1) is 0 Å². The Morgan fingerprint density at radius 3 is 2.76 bits per heavy atom. The third-order valence-electron chi connectivity index (χ3n) is 3.35. The Morgan fingerprint density at radius 1 is 1.10 bits per heavy atom. The van der Waals surface area contributed by atoms with Crippen molar-refractivity contribution in [3.63, 3.8) is 0 Å². The Bertz CT molecular complexity index is 751. The van der Waals surface area contributed by atoms with Crippen molar-refractivity contribution in [2.24, 2.45) is 0 Å². The van der Waals surface area contributed by atoms with Gasteiger partial charge in [0.2, 0.25) is 0 Å². The third-order valence-corrected chi connectivity index (χ3v) is 3.84.